The van der Waals surface area contributed by atoms with Gasteiger partial charge in [0.05, 0.1) is 11.7 Å². The van der Waals surface area contributed by atoms with Crippen molar-refractivity contribution in [2.45, 2.75) is 52.7 Å². The zero-order valence-electron chi connectivity index (χ0n) is 12.3. The highest BCUT2D eigenvalue weighted by Gasteiger charge is 2.15. The summed E-state index contributed by atoms with van der Waals surface area (Å²) in [7, 11) is 0. The van der Waals surface area contributed by atoms with Gasteiger partial charge in [0.25, 0.3) is 0 Å². The van der Waals surface area contributed by atoms with Crippen molar-refractivity contribution < 1.29 is 10.2 Å². The Balaban J connectivity index is 3.23. The molecule has 0 aliphatic heterocycles. The van der Waals surface area contributed by atoms with E-state index in [1.807, 2.05) is 17.6 Å². The highest BCUT2D eigenvalue weighted by molar-refractivity contribution is 7.71. The van der Waals surface area contributed by atoms with Crippen LogP contribution in [0.25, 0.3) is 5.57 Å². The number of hydrogen-bond acceptors (Lipinski definition) is 4. The lowest BCUT2D eigenvalue weighted by atomic mass is 10.1. The van der Waals surface area contributed by atoms with Crippen LogP contribution in [0.3, 0.4) is 0 Å². The van der Waals surface area contributed by atoms with Crippen LogP contribution in [0.4, 0.5) is 0 Å². The molecule has 0 aliphatic rings. The lowest BCUT2D eigenvalue weighted by Gasteiger charge is -2.10. The molecule has 0 fully saturated rings. The molecule has 6 heteroatoms. The first-order chi connectivity index (χ1) is 9.51. The van der Waals surface area contributed by atoms with E-state index < -0.39 is 6.10 Å². The number of allylic oxidation sites excluding steroid dienone is 2. The van der Waals surface area contributed by atoms with Gasteiger partial charge in [-0.3, -0.25) is 5.10 Å². The molecule has 1 rings (SSSR count). The maximum Gasteiger partial charge on any atom is 0.195 e. The first-order valence-electron chi connectivity index (χ1n) is 6.96. The molecule has 1 heterocycles. The third-order valence-electron chi connectivity index (χ3n) is 2.82. The number of H-pyrrole nitrogens is 1. The van der Waals surface area contributed by atoms with Gasteiger partial charge in [0.15, 0.2) is 10.6 Å². The average Bonchev–Trinajstić information content (AvgIpc) is 2.73. The monoisotopic (exact) mass is 297 g/mol. The molecule has 0 radical (unpaired) electrons. The Morgan fingerprint density at radius 2 is 2.20 bits per heavy atom. The topological polar surface area (TPSA) is 74.1 Å². The largest absolute Gasteiger partial charge is 0.507 e. The van der Waals surface area contributed by atoms with Gasteiger partial charge in [-0.2, -0.15) is 5.10 Å². The van der Waals surface area contributed by atoms with Gasteiger partial charge >= 0.3 is 0 Å². The van der Waals surface area contributed by atoms with Crippen LogP contribution in [0.5, 0.6) is 0 Å². The number of nitrogens with zero attached hydrogens (tertiary/aromatic N) is 2. The number of aromatic amines is 1. The molecule has 20 heavy (non-hydrogen) atoms. The number of nitrogens with one attached hydrogen (secondary N) is 1. The van der Waals surface area contributed by atoms with E-state index in [4.69, 9.17) is 12.2 Å². The molecule has 0 saturated carbocycles. The fraction of sp³-hybridized carbons (Fsp3) is 0.571. The van der Waals surface area contributed by atoms with E-state index >= 15 is 0 Å². The Morgan fingerprint density at radius 3 is 2.75 bits per heavy atom. The second-order valence-electron chi connectivity index (χ2n) is 4.68. The molecule has 1 atom stereocenters. The zero-order chi connectivity index (χ0) is 15.1. The quantitative estimate of drug-likeness (QED) is 0.410. The summed E-state index contributed by atoms with van der Waals surface area (Å²) in [5.74, 6) is 0.633. The van der Waals surface area contributed by atoms with E-state index in [1.54, 1.807) is 6.92 Å². The Bertz CT molecular complexity index is 541. The van der Waals surface area contributed by atoms with Crippen molar-refractivity contribution in [3.8, 4) is 0 Å². The minimum atomic E-state index is -0.721. The minimum Gasteiger partial charge on any atom is -0.507 e. The van der Waals surface area contributed by atoms with Gasteiger partial charge in [0.2, 0.25) is 0 Å². The van der Waals surface area contributed by atoms with Gasteiger partial charge in [-0.25, -0.2) is 0 Å². The molecule has 3 N–H and O–H groups in total. The standard InChI is InChI=1S/C14H23N3O2S/c1-4-6-8-17-13(15-16-14(17)20)11(7-5-2)12(19)9-10(3)18/h7,9-10,18-19H,4-6,8H2,1-3H3,(H,16,20)/b11-7+,12-9+. The van der Waals surface area contributed by atoms with E-state index in [9.17, 15) is 10.2 Å². The summed E-state index contributed by atoms with van der Waals surface area (Å²) in [6, 6.07) is 0. The van der Waals surface area contributed by atoms with Crippen molar-refractivity contribution in [1.29, 1.82) is 0 Å². The van der Waals surface area contributed by atoms with Crippen molar-refractivity contribution in [2.75, 3.05) is 0 Å². The van der Waals surface area contributed by atoms with Crippen LogP contribution in [-0.2, 0) is 6.54 Å². The van der Waals surface area contributed by atoms with Crippen molar-refractivity contribution in [3.05, 3.63) is 28.5 Å². The van der Waals surface area contributed by atoms with Crippen molar-refractivity contribution in [3.63, 3.8) is 0 Å². The maximum absolute atomic E-state index is 10.2. The fourth-order valence-corrected chi connectivity index (χ4v) is 2.10. The summed E-state index contributed by atoms with van der Waals surface area (Å²) in [5.41, 5.74) is 0.594. The molecule has 1 aromatic rings. The van der Waals surface area contributed by atoms with Crippen molar-refractivity contribution in [1.82, 2.24) is 14.8 Å². The Kier molecular flexibility index (Phi) is 6.67. The fourth-order valence-electron chi connectivity index (χ4n) is 1.88. The van der Waals surface area contributed by atoms with E-state index in [-0.39, 0.29) is 5.76 Å². The molecule has 0 bridgehead atoms. The lowest BCUT2D eigenvalue weighted by Crippen LogP contribution is -2.06. The third kappa shape index (κ3) is 4.31. The Hall–Kier alpha value is -1.40. The SMILES string of the molecule is CC/C=C(\C(O)=C/C(C)O)c1n[nH]c(=S)n1CCCC. The summed E-state index contributed by atoms with van der Waals surface area (Å²) in [4.78, 5) is 0. The first-order valence-corrected chi connectivity index (χ1v) is 7.37. The molecule has 5 nitrogen and oxygen atoms in total. The predicted octanol–water partition coefficient (Wildman–Crippen LogP) is 3.36. The van der Waals surface area contributed by atoms with E-state index in [0.717, 1.165) is 25.8 Å². The van der Waals surface area contributed by atoms with Gasteiger partial charge in [-0.1, -0.05) is 26.3 Å². The van der Waals surface area contributed by atoms with Crippen LogP contribution in [-0.4, -0.2) is 31.1 Å². The van der Waals surface area contributed by atoms with Gasteiger partial charge in [0.1, 0.15) is 5.76 Å². The Morgan fingerprint density at radius 1 is 1.50 bits per heavy atom. The normalized spacial score (nSPS) is 14.6. The molecule has 0 aromatic carbocycles. The summed E-state index contributed by atoms with van der Waals surface area (Å²) >= 11 is 5.23. The van der Waals surface area contributed by atoms with Crippen LogP contribution in [0.1, 0.15) is 45.9 Å². The molecular weight excluding hydrogens is 274 g/mol. The molecule has 1 aromatic heterocycles. The minimum absolute atomic E-state index is 0.0219. The van der Waals surface area contributed by atoms with Gasteiger partial charge < -0.3 is 14.8 Å². The second-order valence-corrected chi connectivity index (χ2v) is 5.06. The van der Waals surface area contributed by atoms with Crippen LogP contribution in [0.2, 0.25) is 0 Å². The summed E-state index contributed by atoms with van der Waals surface area (Å²) < 4.78 is 2.42. The first kappa shape index (κ1) is 16.7. The number of hydrogen-bond donors (Lipinski definition) is 3. The highest BCUT2D eigenvalue weighted by Crippen LogP contribution is 2.21. The molecule has 0 amide bonds. The van der Waals surface area contributed by atoms with E-state index in [2.05, 4.69) is 17.1 Å². The summed E-state index contributed by atoms with van der Waals surface area (Å²) in [6.07, 6.45) is 5.34. The van der Waals surface area contributed by atoms with Crippen LogP contribution < -0.4 is 0 Å². The van der Waals surface area contributed by atoms with Crippen molar-refractivity contribution >= 4 is 17.8 Å². The number of rotatable bonds is 7. The number of aliphatic hydroxyl groups is 2. The number of aliphatic hydroxyl groups excluding tert-OH is 2. The van der Waals surface area contributed by atoms with Gasteiger partial charge in [0, 0.05) is 6.54 Å². The summed E-state index contributed by atoms with van der Waals surface area (Å²) in [5, 5.41) is 26.5. The second kappa shape index (κ2) is 8.01. The Labute approximate surface area is 124 Å². The van der Waals surface area contributed by atoms with Crippen LogP contribution >= 0.6 is 12.2 Å². The zero-order valence-corrected chi connectivity index (χ0v) is 13.1. The number of aromatic nitrogens is 3. The van der Waals surface area contributed by atoms with Crippen molar-refractivity contribution in [2.24, 2.45) is 0 Å². The average molecular weight is 297 g/mol. The summed E-state index contributed by atoms with van der Waals surface area (Å²) in [6.45, 7) is 6.43. The van der Waals surface area contributed by atoms with Gasteiger partial charge in [-0.05, 0) is 38.1 Å². The molecule has 1 unspecified atom stereocenters. The van der Waals surface area contributed by atoms with E-state index in [1.165, 1.54) is 6.08 Å². The molecule has 0 aliphatic carbocycles. The highest BCUT2D eigenvalue weighted by atomic mass is 32.1. The lowest BCUT2D eigenvalue weighted by molar-refractivity contribution is 0.238. The molecular formula is C14H23N3O2S. The van der Waals surface area contributed by atoms with Crippen LogP contribution in [0.15, 0.2) is 17.9 Å². The maximum atomic E-state index is 10.2. The van der Waals surface area contributed by atoms with Crippen LogP contribution in [0, 0.1) is 4.77 Å². The number of unbranched alkanes of at least 4 members (excludes halogenated alkanes) is 1. The molecule has 0 spiro atoms. The van der Waals surface area contributed by atoms with Gasteiger partial charge in [-0.15, -0.1) is 0 Å². The predicted molar refractivity (Wildman–Crippen MR) is 83.0 cm³/mol. The molecule has 0 saturated heterocycles. The van der Waals surface area contributed by atoms with E-state index in [0.29, 0.717) is 16.2 Å². The molecule has 112 valence electrons. The smallest absolute Gasteiger partial charge is 0.195 e. The third-order valence-corrected chi connectivity index (χ3v) is 3.13.